The summed E-state index contributed by atoms with van der Waals surface area (Å²) in [6.07, 6.45) is 13.5. The lowest BCUT2D eigenvalue weighted by Gasteiger charge is -2.26. The van der Waals surface area contributed by atoms with Crippen LogP contribution in [-0.2, 0) is 4.79 Å². The van der Waals surface area contributed by atoms with E-state index in [0.717, 1.165) is 31.6 Å². The van der Waals surface area contributed by atoms with Crippen molar-refractivity contribution in [2.24, 2.45) is 11.8 Å². The van der Waals surface area contributed by atoms with Crippen LogP contribution >= 0.6 is 0 Å². The first-order chi connectivity index (χ1) is 7.27. The molecule has 0 heterocycles. The highest BCUT2D eigenvalue weighted by Crippen LogP contribution is 2.31. The van der Waals surface area contributed by atoms with E-state index in [0.29, 0.717) is 18.1 Å². The molecule has 0 amide bonds. The number of terminal acetylenes is 1. The van der Waals surface area contributed by atoms with Gasteiger partial charge in [-0.1, -0.05) is 13.3 Å². The Hall–Kier alpha value is -0.770. The topological polar surface area (TPSA) is 17.1 Å². The van der Waals surface area contributed by atoms with Gasteiger partial charge in [0.2, 0.25) is 0 Å². The minimum absolute atomic E-state index is 0.352. The molecule has 0 saturated heterocycles. The third-order valence-corrected chi connectivity index (χ3v) is 3.62. The van der Waals surface area contributed by atoms with Crippen molar-refractivity contribution in [2.75, 3.05) is 0 Å². The van der Waals surface area contributed by atoms with Crippen molar-refractivity contribution < 1.29 is 4.79 Å². The minimum atomic E-state index is 0.352. The number of hydrogen-bond acceptors (Lipinski definition) is 1. The molecule has 1 heteroatoms. The average molecular weight is 206 g/mol. The van der Waals surface area contributed by atoms with Crippen LogP contribution in [0.1, 0.15) is 58.3 Å². The smallest absolute Gasteiger partial charge is 0.136 e. The molecule has 1 nitrogen and oxygen atoms in total. The highest BCUT2D eigenvalue weighted by atomic mass is 16.1. The maximum absolute atomic E-state index is 11.8. The number of hydrogen-bond donors (Lipinski definition) is 0. The van der Waals surface area contributed by atoms with E-state index in [1.807, 2.05) is 0 Å². The molecule has 0 unspecified atom stereocenters. The lowest BCUT2D eigenvalue weighted by atomic mass is 9.78. The van der Waals surface area contributed by atoms with Crippen molar-refractivity contribution in [2.45, 2.75) is 58.3 Å². The maximum atomic E-state index is 11.8. The number of carbonyl (C=O) groups excluding carboxylic acids is 1. The molecule has 0 aromatic rings. The molecule has 1 saturated carbocycles. The number of rotatable bonds is 5. The Labute approximate surface area is 93.6 Å². The van der Waals surface area contributed by atoms with Crippen molar-refractivity contribution >= 4 is 5.78 Å². The van der Waals surface area contributed by atoms with Gasteiger partial charge in [0.25, 0.3) is 0 Å². The quantitative estimate of drug-likeness (QED) is 0.496. The molecule has 1 aliphatic rings. The van der Waals surface area contributed by atoms with Gasteiger partial charge in [-0.05, 0) is 38.0 Å². The van der Waals surface area contributed by atoms with Crippen LogP contribution in [-0.4, -0.2) is 5.78 Å². The van der Waals surface area contributed by atoms with Gasteiger partial charge in [-0.2, -0.15) is 0 Å². The molecular weight excluding hydrogens is 184 g/mol. The van der Waals surface area contributed by atoms with Gasteiger partial charge >= 0.3 is 0 Å². The van der Waals surface area contributed by atoms with Crippen molar-refractivity contribution in [1.82, 2.24) is 0 Å². The lowest BCUT2D eigenvalue weighted by Crippen LogP contribution is -2.21. The predicted octanol–water partition coefficient (Wildman–Crippen LogP) is 3.58. The van der Waals surface area contributed by atoms with Crippen LogP contribution < -0.4 is 0 Å². The molecule has 84 valence electrons. The molecule has 0 aromatic carbocycles. The predicted molar refractivity (Wildman–Crippen MR) is 63.4 cm³/mol. The molecule has 0 aromatic heterocycles. The summed E-state index contributed by atoms with van der Waals surface area (Å²) in [5.74, 6) is 4.28. The first kappa shape index (κ1) is 12.3. The van der Waals surface area contributed by atoms with Gasteiger partial charge in [0, 0.05) is 18.8 Å². The van der Waals surface area contributed by atoms with E-state index < -0.39 is 0 Å². The monoisotopic (exact) mass is 206 g/mol. The van der Waals surface area contributed by atoms with Crippen LogP contribution in [0.5, 0.6) is 0 Å². The lowest BCUT2D eigenvalue weighted by molar-refractivity contribution is -0.124. The highest BCUT2D eigenvalue weighted by Gasteiger charge is 2.24. The molecule has 1 fully saturated rings. The number of Topliss-reactive ketones (excluding diaryl/α,β-unsaturated/α-hetero) is 1. The minimum Gasteiger partial charge on any atom is -0.299 e. The summed E-state index contributed by atoms with van der Waals surface area (Å²) in [7, 11) is 0. The zero-order chi connectivity index (χ0) is 11.1. The molecule has 0 bridgehead atoms. The SMILES string of the molecule is C#CCCCC(=O)C1CCC(CC)CC1. The summed E-state index contributed by atoms with van der Waals surface area (Å²) < 4.78 is 0. The van der Waals surface area contributed by atoms with Gasteiger partial charge in [0.05, 0.1) is 0 Å². The Kier molecular flexibility index (Phi) is 5.47. The van der Waals surface area contributed by atoms with Crippen LogP contribution in [0.2, 0.25) is 0 Å². The zero-order valence-electron chi connectivity index (χ0n) is 9.80. The molecule has 1 rings (SSSR count). The van der Waals surface area contributed by atoms with Gasteiger partial charge in [-0.15, -0.1) is 12.3 Å². The summed E-state index contributed by atoms with van der Waals surface area (Å²) in [5.41, 5.74) is 0. The Bertz CT molecular complexity index is 228. The Morgan fingerprint density at radius 2 is 2.00 bits per heavy atom. The average Bonchev–Trinajstić information content (AvgIpc) is 2.29. The second kappa shape index (κ2) is 6.67. The normalized spacial score (nSPS) is 25.9. The van der Waals surface area contributed by atoms with Crippen molar-refractivity contribution in [3.8, 4) is 12.3 Å². The van der Waals surface area contributed by atoms with E-state index in [4.69, 9.17) is 6.42 Å². The molecule has 15 heavy (non-hydrogen) atoms. The van der Waals surface area contributed by atoms with Crippen molar-refractivity contribution in [3.05, 3.63) is 0 Å². The van der Waals surface area contributed by atoms with Gasteiger partial charge in [0.1, 0.15) is 5.78 Å². The molecule has 0 aliphatic heterocycles. The van der Waals surface area contributed by atoms with E-state index in [1.54, 1.807) is 0 Å². The summed E-state index contributed by atoms with van der Waals surface area (Å²) in [6.45, 7) is 2.25. The van der Waals surface area contributed by atoms with E-state index in [2.05, 4.69) is 12.8 Å². The number of carbonyl (C=O) groups is 1. The van der Waals surface area contributed by atoms with E-state index >= 15 is 0 Å². The van der Waals surface area contributed by atoms with Crippen LogP contribution in [0.25, 0.3) is 0 Å². The Balaban J connectivity index is 2.21. The maximum Gasteiger partial charge on any atom is 0.136 e. The van der Waals surface area contributed by atoms with Crippen LogP contribution in [0, 0.1) is 24.2 Å². The number of unbranched alkanes of at least 4 members (excludes halogenated alkanes) is 1. The fourth-order valence-electron chi connectivity index (χ4n) is 2.46. The van der Waals surface area contributed by atoms with E-state index in [9.17, 15) is 4.79 Å². The van der Waals surface area contributed by atoms with Crippen LogP contribution in [0.3, 0.4) is 0 Å². The summed E-state index contributed by atoms with van der Waals surface area (Å²) in [5, 5.41) is 0. The molecule has 1 aliphatic carbocycles. The third-order valence-electron chi connectivity index (χ3n) is 3.62. The first-order valence-electron chi connectivity index (χ1n) is 6.24. The summed E-state index contributed by atoms with van der Waals surface area (Å²) >= 11 is 0. The van der Waals surface area contributed by atoms with Gasteiger partial charge in [-0.3, -0.25) is 4.79 Å². The molecule has 0 spiro atoms. The second-order valence-electron chi connectivity index (χ2n) is 4.65. The van der Waals surface area contributed by atoms with Gasteiger partial charge < -0.3 is 0 Å². The third kappa shape index (κ3) is 4.08. The Morgan fingerprint density at radius 1 is 1.33 bits per heavy atom. The summed E-state index contributed by atoms with van der Waals surface area (Å²) in [6, 6.07) is 0. The summed E-state index contributed by atoms with van der Waals surface area (Å²) in [4.78, 5) is 11.8. The molecule has 0 atom stereocenters. The fourth-order valence-corrected chi connectivity index (χ4v) is 2.46. The fraction of sp³-hybridized carbons (Fsp3) is 0.786. The zero-order valence-corrected chi connectivity index (χ0v) is 9.80. The Morgan fingerprint density at radius 3 is 2.53 bits per heavy atom. The van der Waals surface area contributed by atoms with Gasteiger partial charge in [-0.25, -0.2) is 0 Å². The molecule has 0 radical (unpaired) electrons. The number of ketones is 1. The second-order valence-corrected chi connectivity index (χ2v) is 4.65. The van der Waals surface area contributed by atoms with Gasteiger partial charge in [0.15, 0.2) is 0 Å². The van der Waals surface area contributed by atoms with Crippen molar-refractivity contribution in [3.63, 3.8) is 0 Å². The van der Waals surface area contributed by atoms with Crippen molar-refractivity contribution in [1.29, 1.82) is 0 Å². The largest absolute Gasteiger partial charge is 0.299 e. The van der Waals surface area contributed by atoms with E-state index in [-0.39, 0.29) is 0 Å². The standard InChI is InChI=1S/C14H22O/c1-3-5-6-7-14(15)13-10-8-12(4-2)9-11-13/h1,12-13H,4-11H2,2H3. The van der Waals surface area contributed by atoms with Crippen LogP contribution in [0.4, 0.5) is 0 Å². The first-order valence-corrected chi connectivity index (χ1v) is 6.24. The van der Waals surface area contributed by atoms with Crippen LogP contribution in [0.15, 0.2) is 0 Å². The molecular formula is C14H22O. The van der Waals surface area contributed by atoms with E-state index in [1.165, 1.54) is 19.3 Å². The highest BCUT2D eigenvalue weighted by molar-refractivity contribution is 5.81. The molecule has 0 N–H and O–H groups in total.